The minimum Gasteiger partial charge on any atom is -0.484 e. The van der Waals surface area contributed by atoms with Crippen molar-refractivity contribution in [3.05, 3.63) is 57.6 Å². The second-order valence-electron chi connectivity index (χ2n) is 5.19. The maximum atomic E-state index is 12.2. The lowest BCUT2D eigenvalue weighted by atomic mass is 10.1. The van der Waals surface area contributed by atoms with E-state index in [2.05, 4.69) is 14.8 Å². The monoisotopic (exact) mass is 411 g/mol. The number of rotatable bonds is 6. The second-order valence-corrected chi connectivity index (χ2v) is 6.06. The molecule has 27 heavy (non-hydrogen) atoms. The smallest absolute Gasteiger partial charge is 0.339 e. The maximum Gasteiger partial charge on any atom is 0.339 e. The summed E-state index contributed by atoms with van der Waals surface area (Å²) in [5.74, 6) is -1.56. The van der Waals surface area contributed by atoms with Gasteiger partial charge in [-0.05, 0) is 36.4 Å². The Bertz CT molecular complexity index is 864. The summed E-state index contributed by atoms with van der Waals surface area (Å²) in [6.07, 6.45) is 0. The molecule has 0 fully saturated rings. The maximum absolute atomic E-state index is 12.2. The van der Waals surface area contributed by atoms with E-state index in [1.165, 1.54) is 50.6 Å². The van der Waals surface area contributed by atoms with E-state index in [-0.39, 0.29) is 23.4 Å². The van der Waals surface area contributed by atoms with E-state index < -0.39 is 17.8 Å². The summed E-state index contributed by atoms with van der Waals surface area (Å²) in [7, 11) is 2.42. The first-order valence-corrected chi connectivity index (χ1v) is 8.29. The first-order valence-electron chi connectivity index (χ1n) is 7.53. The zero-order valence-corrected chi connectivity index (χ0v) is 15.9. The van der Waals surface area contributed by atoms with Crippen molar-refractivity contribution in [1.82, 2.24) is 0 Å². The number of halogens is 2. The lowest BCUT2D eigenvalue weighted by Crippen LogP contribution is -2.22. The lowest BCUT2D eigenvalue weighted by molar-refractivity contribution is -0.118. The van der Waals surface area contributed by atoms with Gasteiger partial charge in [0.05, 0.1) is 31.0 Å². The predicted octanol–water partition coefficient (Wildman–Crippen LogP) is 3.58. The Labute approximate surface area is 165 Å². The molecule has 1 amide bonds. The van der Waals surface area contributed by atoms with Gasteiger partial charge in [-0.15, -0.1) is 0 Å². The van der Waals surface area contributed by atoms with Crippen LogP contribution in [0.25, 0.3) is 0 Å². The first kappa shape index (κ1) is 20.5. The number of methoxy groups -OCH3 is 2. The van der Waals surface area contributed by atoms with Gasteiger partial charge in [-0.2, -0.15) is 0 Å². The van der Waals surface area contributed by atoms with Crippen LogP contribution in [0.3, 0.4) is 0 Å². The molecule has 0 aliphatic heterocycles. The summed E-state index contributed by atoms with van der Waals surface area (Å²) in [5, 5.41) is 3.22. The van der Waals surface area contributed by atoms with Gasteiger partial charge in [-0.25, -0.2) is 9.59 Å². The number of hydrogen-bond acceptors (Lipinski definition) is 6. The molecule has 1 N–H and O–H groups in total. The number of hydrogen-bond donors (Lipinski definition) is 1. The molecule has 2 aromatic carbocycles. The van der Waals surface area contributed by atoms with Crippen molar-refractivity contribution in [3.63, 3.8) is 0 Å². The molecule has 2 aromatic rings. The van der Waals surface area contributed by atoms with Crippen molar-refractivity contribution in [2.45, 2.75) is 0 Å². The van der Waals surface area contributed by atoms with Crippen molar-refractivity contribution in [1.29, 1.82) is 0 Å². The molecule has 0 saturated carbocycles. The summed E-state index contributed by atoms with van der Waals surface area (Å²) in [4.78, 5) is 35.7. The highest BCUT2D eigenvalue weighted by atomic mass is 35.5. The van der Waals surface area contributed by atoms with Crippen LogP contribution < -0.4 is 10.1 Å². The number of carbonyl (C=O) groups excluding carboxylic acids is 3. The van der Waals surface area contributed by atoms with Crippen LogP contribution in [0, 0.1) is 0 Å². The van der Waals surface area contributed by atoms with Crippen LogP contribution in [0.1, 0.15) is 20.7 Å². The molecule has 7 nitrogen and oxygen atoms in total. The highest BCUT2D eigenvalue weighted by molar-refractivity contribution is 6.34. The Kier molecular flexibility index (Phi) is 7.04. The molecular weight excluding hydrogens is 397 g/mol. The Hall–Kier alpha value is -2.77. The second kappa shape index (κ2) is 9.25. The van der Waals surface area contributed by atoms with Crippen LogP contribution in [0.5, 0.6) is 5.75 Å². The number of anilines is 1. The molecule has 0 heterocycles. The van der Waals surface area contributed by atoms with Crippen molar-refractivity contribution in [3.8, 4) is 5.75 Å². The van der Waals surface area contributed by atoms with Gasteiger partial charge in [-0.1, -0.05) is 23.2 Å². The molecule has 0 spiro atoms. The topological polar surface area (TPSA) is 90.9 Å². The average Bonchev–Trinajstić information content (AvgIpc) is 2.64. The van der Waals surface area contributed by atoms with Gasteiger partial charge in [0.2, 0.25) is 0 Å². The van der Waals surface area contributed by atoms with Gasteiger partial charge in [0, 0.05) is 10.0 Å². The van der Waals surface area contributed by atoms with Crippen molar-refractivity contribution in [2.75, 3.05) is 26.1 Å². The minimum atomic E-state index is -0.677. The fourth-order valence-corrected chi connectivity index (χ4v) is 2.63. The number of amides is 1. The number of benzene rings is 2. The van der Waals surface area contributed by atoms with Gasteiger partial charge in [0.1, 0.15) is 5.75 Å². The summed E-state index contributed by atoms with van der Waals surface area (Å²) < 4.78 is 14.6. The largest absolute Gasteiger partial charge is 0.484 e. The molecule has 0 bridgehead atoms. The van der Waals surface area contributed by atoms with E-state index in [0.29, 0.717) is 15.8 Å². The SMILES string of the molecule is COC(=O)c1ccc(C(=O)OC)c(NC(=O)COc2cc(Cl)cc(Cl)c2)c1. The van der Waals surface area contributed by atoms with Gasteiger partial charge in [0.15, 0.2) is 6.61 Å². The molecule has 2 rings (SSSR count). The van der Waals surface area contributed by atoms with Gasteiger partial charge in [0.25, 0.3) is 5.91 Å². The summed E-state index contributed by atoms with van der Waals surface area (Å²) in [5.41, 5.74) is 0.315. The number of ether oxygens (including phenoxy) is 3. The van der Waals surface area contributed by atoms with Crippen LogP contribution >= 0.6 is 23.2 Å². The number of nitrogens with one attached hydrogen (secondary N) is 1. The van der Waals surface area contributed by atoms with Crippen LogP contribution in [-0.4, -0.2) is 38.7 Å². The van der Waals surface area contributed by atoms with Crippen LogP contribution in [0.2, 0.25) is 10.0 Å². The van der Waals surface area contributed by atoms with E-state index >= 15 is 0 Å². The molecule has 0 aromatic heterocycles. The quantitative estimate of drug-likeness (QED) is 0.730. The lowest BCUT2D eigenvalue weighted by Gasteiger charge is -2.12. The third-order valence-electron chi connectivity index (χ3n) is 3.33. The normalized spacial score (nSPS) is 10.1. The molecule has 9 heteroatoms. The fraction of sp³-hybridized carbons (Fsp3) is 0.167. The van der Waals surface area contributed by atoms with Crippen LogP contribution in [0.15, 0.2) is 36.4 Å². The summed E-state index contributed by atoms with van der Waals surface area (Å²) >= 11 is 11.7. The third-order valence-corrected chi connectivity index (χ3v) is 3.76. The van der Waals surface area contributed by atoms with Gasteiger partial charge < -0.3 is 19.5 Å². The average molecular weight is 412 g/mol. The highest BCUT2D eigenvalue weighted by Crippen LogP contribution is 2.24. The molecule has 142 valence electrons. The predicted molar refractivity (Wildman–Crippen MR) is 99.7 cm³/mol. The Morgan fingerprint density at radius 3 is 2.15 bits per heavy atom. The first-order chi connectivity index (χ1) is 12.8. The van der Waals surface area contributed by atoms with Gasteiger partial charge >= 0.3 is 11.9 Å². The van der Waals surface area contributed by atoms with E-state index in [4.69, 9.17) is 27.9 Å². The molecule has 0 radical (unpaired) electrons. The van der Waals surface area contributed by atoms with E-state index in [1.807, 2.05) is 0 Å². The molecule has 0 saturated heterocycles. The molecule has 0 unspecified atom stereocenters. The van der Waals surface area contributed by atoms with Crippen LogP contribution in [-0.2, 0) is 14.3 Å². The molecule has 0 aliphatic rings. The van der Waals surface area contributed by atoms with Crippen molar-refractivity contribution in [2.24, 2.45) is 0 Å². The minimum absolute atomic E-state index is 0.0734. The van der Waals surface area contributed by atoms with Gasteiger partial charge in [-0.3, -0.25) is 4.79 Å². The zero-order valence-electron chi connectivity index (χ0n) is 14.4. The van der Waals surface area contributed by atoms with E-state index in [0.717, 1.165) is 0 Å². The highest BCUT2D eigenvalue weighted by Gasteiger charge is 2.17. The van der Waals surface area contributed by atoms with Crippen molar-refractivity contribution < 1.29 is 28.6 Å². The third kappa shape index (κ3) is 5.60. The Morgan fingerprint density at radius 1 is 0.926 bits per heavy atom. The zero-order chi connectivity index (χ0) is 20.0. The van der Waals surface area contributed by atoms with Crippen LogP contribution in [0.4, 0.5) is 5.69 Å². The standard InChI is InChI=1S/C18H15Cl2NO6/c1-25-17(23)10-3-4-14(18(24)26-2)15(5-10)21-16(22)9-27-13-7-11(19)6-12(20)8-13/h3-8H,9H2,1-2H3,(H,21,22). The summed E-state index contributed by atoms with van der Waals surface area (Å²) in [6, 6.07) is 8.57. The fourth-order valence-electron chi connectivity index (χ4n) is 2.13. The Morgan fingerprint density at radius 2 is 1.56 bits per heavy atom. The van der Waals surface area contributed by atoms with E-state index in [9.17, 15) is 14.4 Å². The molecule has 0 aliphatic carbocycles. The molecular formula is C18H15Cl2NO6. The number of carbonyl (C=O) groups is 3. The van der Waals surface area contributed by atoms with E-state index in [1.54, 1.807) is 0 Å². The number of esters is 2. The summed E-state index contributed by atoms with van der Waals surface area (Å²) in [6.45, 7) is -0.375. The van der Waals surface area contributed by atoms with Crippen molar-refractivity contribution >= 4 is 46.7 Å². The Balaban J connectivity index is 2.16. The molecule has 0 atom stereocenters.